The molecule has 2 aromatic carbocycles. The molecule has 1 aromatic heterocycles. The number of aromatic amines is 1. The first-order valence-electron chi connectivity index (χ1n) is 6.70. The molecule has 0 fully saturated rings. The Morgan fingerprint density at radius 2 is 1.83 bits per heavy atom. The van der Waals surface area contributed by atoms with Crippen LogP contribution in [0.5, 0.6) is 0 Å². The molecule has 0 saturated heterocycles. The number of carboxylic acids is 1. The van der Waals surface area contributed by atoms with E-state index >= 15 is 0 Å². The number of H-pyrrole nitrogens is 1. The van der Waals surface area contributed by atoms with Gasteiger partial charge in [0, 0.05) is 5.69 Å². The van der Waals surface area contributed by atoms with Crippen LogP contribution in [-0.2, 0) is 10.0 Å². The minimum Gasteiger partial charge on any atom is -0.478 e. The first kappa shape index (κ1) is 15.7. The zero-order valence-corrected chi connectivity index (χ0v) is 12.9. The number of sulfonamides is 1. The lowest BCUT2D eigenvalue weighted by Gasteiger charge is -2.09. The Bertz CT molecular complexity index is 1090. The molecule has 24 heavy (non-hydrogen) atoms. The maximum absolute atomic E-state index is 12.4. The van der Waals surface area contributed by atoms with Crippen molar-refractivity contribution in [1.82, 2.24) is 9.97 Å². The molecule has 0 bridgehead atoms. The van der Waals surface area contributed by atoms with E-state index in [1.54, 1.807) is 0 Å². The van der Waals surface area contributed by atoms with Crippen molar-refractivity contribution in [1.29, 1.82) is 0 Å². The lowest BCUT2D eigenvalue weighted by Crippen LogP contribution is -2.13. The molecule has 0 aliphatic heterocycles. The summed E-state index contributed by atoms with van der Waals surface area (Å²) in [6.07, 6.45) is 1.07. The van der Waals surface area contributed by atoms with Crippen LogP contribution in [0.15, 0.2) is 58.4 Å². The van der Waals surface area contributed by atoms with Gasteiger partial charge in [-0.15, -0.1) is 0 Å². The van der Waals surface area contributed by atoms with Crippen LogP contribution in [0.1, 0.15) is 10.4 Å². The average Bonchev–Trinajstić information content (AvgIpc) is 2.54. The van der Waals surface area contributed by atoms with Crippen LogP contribution in [0.3, 0.4) is 0 Å². The van der Waals surface area contributed by atoms with E-state index < -0.39 is 16.0 Å². The maximum Gasteiger partial charge on any atom is 0.335 e. The van der Waals surface area contributed by atoms with Crippen LogP contribution in [-0.4, -0.2) is 29.5 Å². The van der Waals surface area contributed by atoms with Gasteiger partial charge in [0.25, 0.3) is 15.6 Å². The highest BCUT2D eigenvalue weighted by Gasteiger charge is 2.15. The molecule has 9 heteroatoms. The minimum atomic E-state index is -3.88. The fraction of sp³-hybridized carbons (Fsp3) is 0. The topological polar surface area (TPSA) is 129 Å². The number of benzene rings is 2. The second-order valence-corrected chi connectivity index (χ2v) is 6.60. The van der Waals surface area contributed by atoms with Crippen molar-refractivity contribution in [2.45, 2.75) is 4.90 Å². The molecule has 0 radical (unpaired) electrons. The summed E-state index contributed by atoms with van der Waals surface area (Å²) in [7, 11) is -3.88. The molecule has 3 N–H and O–H groups in total. The largest absolute Gasteiger partial charge is 0.478 e. The van der Waals surface area contributed by atoms with Crippen molar-refractivity contribution in [2.75, 3.05) is 4.72 Å². The SMILES string of the molecule is O=C(O)c1ccc(NS(=O)(=O)c2ccc3[nH]c(=O)cnc3c2)cc1. The van der Waals surface area contributed by atoms with E-state index in [0.29, 0.717) is 11.0 Å². The number of hydrogen-bond donors (Lipinski definition) is 3. The molecule has 1 heterocycles. The Morgan fingerprint density at radius 3 is 2.50 bits per heavy atom. The third-order valence-corrected chi connectivity index (χ3v) is 4.62. The van der Waals surface area contributed by atoms with Crippen molar-refractivity contribution in [3.05, 3.63) is 64.6 Å². The molecular formula is C15H11N3O5S. The number of hydrogen-bond acceptors (Lipinski definition) is 5. The van der Waals surface area contributed by atoms with Gasteiger partial charge in [0.15, 0.2) is 0 Å². The minimum absolute atomic E-state index is 0.0307. The summed E-state index contributed by atoms with van der Waals surface area (Å²) in [5.41, 5.74) is 0.659. The monoisotopic (exact) mass is 345 g/mol. The van der Waals surface area contributed by atoms with Gasteiger partial charge in [0.1, 0.15) is 0 Å². The lowest BCUT2D eigenvalue weighted by atomic mass is 10.2. The number of nitrogens with zero attached hydrogens (tertiary/aromatic N) is 1. The van der Waals surface area contributed by atoms with E-state index in [9.17, 15) is 18.0 Å². The first-order chi connectivity index (χ1) is 11.3. The van der Waals surface area contributed by atoms with Gasteiger partial charge in [-0.3, -0.25) is 9.52 Å². The molecule has 0 aliphatic carbocycles. The van der Waals surface area contributed by atoms with E-state index in [1.807, 2.05) is 0 Å². The highest BCUT2D eigenvalue weighted by Crippen LogP contribution is 2.19. The van der Waals surface area contributed by atoms with Crippen LogP contribution < -0.4 is 10.3 Å². The molecule has 0 unspecified atom stereocenters. The Labute approximate surface area is 135 Å². The summed E-state index contributed by atoms with van der Waals surface area (Å²) in [5, 5.41) is 8.84. The van der Waals surface area contributed by atoms with E-state index in [0.717, 1.165) is 6.20 Å². The fourth-order valence-corrected chi connectivity index (χ4v) is 3.16. The smallest absolute Gasteiger partial charge is 0.335 e. The van der Waals surface area contributed by atoms with Crippen molar-refractivity contribution >= 4 is 32.7 Å². The molecule has 0 aliphatic rings. The number of anilines is 1. The van der Waals surface area contributed by atoms with Crippen LogP contribution >= 0.6 is 0 Å². The molecule has 8 nitrogen and oxygen atoms in total. The van der Waals surface area contributed by atoms with Crippen molar-refractivity contribution in [3.63, 3.8) is 0 Å². The van der Waals surface area contributed by atoms with Crippen molar-refractivity contribution in [3.8, 4) is 0 Å². The third kappa shape index (κ3) is 3.10. The molecule has 0 amide bonds. The number of nitrogens with one attached hydrogen (secondary N) is 2. The zero-order valence-electron chi connectivity index (χ0n) is 12.1. The summed E-state index contributed by atoms with van der Waals surface area (Å²) in [4.78, 5) is 28.4. The molecule has 0 atom stereocenters. The fourth-order valence-electron chi connectivity index (χ4n) is 2.08. The molecule has 3 rings (SSSR count). The van der Waals surface area contributed by atoms with E-state index in [-0.39, 0.29) is 21.7 Å². The summed E-state index contributed by atoms with van der Waals surface area (Å²) in [6, 6.07) is 9.44. The third-order valence-electron chi connectivity index (χ3n) is 3.24. The van der Waals surface area contributed by atoms with Crippen molar-refractivity contribution < 1.29 is 18.3 Å². The number of carboxylic acid groups (broad SMARTS) is 1. The van der Waals surface area contributed by atoms with E-state index in [2.05, 4.69) is 14.7 Å². The lowest BCUT2D eigenvalue weighted by molar-refractivity contribution is 0.0697. The molecule has 0 spiro atoms. The van der Waals surface area contributed by atoms with Crippen LogP contribution in [0.2, 0.25) is 0 Å². The van der Waals surface area contributed by atoms with Gasteiger partial charge in [-0.2, -0.15) is 0 Å². The summed E-state index contributed by atoms with van der Waals surface area (Å²) in [6.45, 7) is 0. The molecular weight excluding hydrogens is 334 g/mol. The number of rotatable bonds is 4. The zero-order chi connectivity index (χ0) is 17.3. The van der Waals surface area contributed by atoms with Gasteiger partial charge in [-0.25, -0.2) is 18.2 Å². The summed E-state index contributed by atoms with van der Waals surface area (Å²) >= 11 is 0. The highest BCUT2D eigenvalue weighted by atomic mass is 32.2. The molecule has 122 valence electrons. The van der Waals surface area contributed by atoms with Gasteiger partial charge in [-0.05, 0) is 42.5 Å². The molecule has 3 aromatic rings. The summed E-state index contributed by atoms with van der Waals surface area (Å²) in [5.74, 6) is -1.10. The Hall–Kier alpha value is -3.20. The van der Waals surface area contributed by atoms with E-state index in [1.165, 1.54) is 42.5 Å². The van der Waals surface area contributed by atoms with Gasteiger partial charge in [0.2, 0.25) is 0 Å². The number of aromatic nitrogens is 2. The number of fused-ring (bicyclic) bond motifs is 1. The number of aromatic carboxylic acids is 1. The molecule has 0 saturated carbocycles. The highest BCUT2D eigenvalue weighted by molar-refractivity contribution is 7.92. The average molecular weight is 345 g/mol. The van der Waals surface area contributed by atoms with Crippen LogP contribution in [0, 0.1) is 0 Å². The Kier molecular flexibility index (Phi) is 3.78. The standard InChI is InChI=1S/C15H11N3O5S/c19-14-8-16-13-7-11(5-6-12(13)17-14)24(22,23)18-10-3-1-9(2-4-10)15(20)21/h1-8,18H,(H,17,19)(H,20,21). The Balaban J connectivity index is 1.93. The Morgan fingerprint density at radius 1 is 1.12 bits per heavy atom. The quantitative estimate of drug-likeness (QED) is 0.656. The number of carbonyl (C=O) groups is 1. The predicted octanol–water partition coefficient (Wildman–Crippen LogP) is 1.42. The maximum atomic E-state index is 12.4. The van der Waals surface area contributed by atoms with Gasteiger partial charge in [0.05, 0.1) is 27.7 Å². The van der Waals surface area contributed by atoms with Gasteiger partial charge in [-0.1, -0.05) is 0 Å². The van der Waals surface area contributed by atoms with Crippen molar-refractivity contribution in [2.24, 2.45) is 0 Å². The normalized spacial score (nSPS) is 11.3. The second kappa shape index (κ2) is 5.78. The predicted molar refractivity (Wildman–Crippen MR) is 86.6 cm³/mol. The van der Waals surface area contributed by atoms with Gasteiger partial charge >= 0.3 is 5.97 Å². The second-order valence-electron chi connectivity index (χ2n) is 4.91. The van der Waals surface area contributed by atoms with Crippen LogP contribution in [0.25, 0.3) is 11.0 Å². The van der Waals surface area contributed by atoms with Gasteiger partial charge < -0.3 is 10.1 Å². The first-order valence-corrected chi connectivity index (χ1v) is 8.19. The van der Waals surface area contributed by atoms with Crippen LogP contribution in [0.4, 0.5) is 5.69 Å². The summed E-state index contributed by atoms with van der Waals surface area (Å²) < 4.78 is 27.2. The van der Waals surface area contributed by atoms with E-state index in [4.69, 9.17) is 5.11 Å².